The van der Waals surface area contributed by atoms with Crippen molar-refractivity contribution in [2.75, 3.05) is 24.6 Å². The van der Waals surface area contributed by atoms with E-state index >= 15 is 0 Å². The predicted molar refractivity (Wildman–Crippen MR) is 93.3 cm³/mol. The van der Waals surface area contributed by atoms with Gasteiger partial charge in [0.15, 0.2) is 0 Å². The van der Waals surface area contributed by atoms with Crippen LogP contribution in [0.2, 0.25) is 0 Å². The van der Waals surface area contributed by atoms with Crippen LogP contribution in [-0.4, -0.2) is 48.4 Å². The van der Waals surface area contributed by atoms with E-state index in [4.69, 9.17) is 4.74 Å². The van der Waals surface area contributed by atoms with Crippen LogP contribution in [0.3, 0.4) is 0 Å². The molecule has 1 atom stereocenters. The fourth-order valence-corrected chi connectivity index (χ4v) is 3.77. The van der Waals surface area contributed by atoms with Crippen molar-refractivity contribution >= 4 is 23.5 Å². The van der Waals surface area contributed by atoms with Crippen LogP contribution in [0.4, 0.5) is 18.9 Å². The van der Waals surface area contributed by atoms with Gasteiger partial charge in [0.1, 0.15) is 0 Å². The average molecular weight is 398 g/mol. The maximum atomic E-state index is 13.3. The summed E-state index contributed by atoms with van der Waals surface area (Å²) in [6, 6.07) is 3.76. The van der Waals surface area contributed by atoms with Crippen molar-refractivity contribution in [3.8, 4) is 0 Å². The second-order valence-electron chi connectivity index (χ2n) is 6.86. The molecule has 9 heteroatoms. The number of nitrogens with zero attached hydrogens (tertiary/aromatic N) is 2. The number of piperidine rings is 1. The minimum absolute atomic E-state index is 0.172. The molecule has 1 aromatic carbocycles. The Bertz CT molecular complexity index is 773. The molecular formula is C19H21F3N2O4. The number of amides is 2. The van der Waals surface area contributed by atoms with E-state index in [0.29, 0.717) is 37.4 Å². The Labute approximate surface area is 160 Å². The normalized spacial score (nSPS) is 22.0. The zero-order valence-corrected chi connectivity index (χ0v) is 15.4. The number of anilines is 1. The van der Waals surface area contributed by atoms with Gasteiger partial charge in [-0.1, -0.05) is 12.1 Å². The third-order valence-electron chi connectivity index (χ3n) is 5.16. The van der Waals surface area contributed by atoms with Gasteiger partial charge in [-0.25, -0.2) is 4.90 Å². The van der Waals surface area contributed by atoms with Crippen molar-refractivity contribution in [2.24, 2.45) is 5.92 Å². The van der Waals surface area contributed by atoms with Crippen LogP contribution in [0.15, 0.2) is 24.3 Å². The molecular weight excluding hydrogens is 377 g/mol. The van der Waals surface area contributed by atoms with Gasteiger partial charge in [0.25, 0.3) is 5.91 Å². The Balaban J connectivity index is 1.75. The summed E-state index contributed by atoms with van der Waals surface area (Å²) in [7, 11) is 0. The summed E-state index contributed by atoms with van der Waals surface area (Å²) < 4.78 is 44.9. The van der Waals surface area contributed by atoms with Gasteiger partial charge in [-0.15, -0.1) is 0 Å². The van der Waals surface area contributed by atoms with E-state index in [2.05, 4.69) is 0 Å². The Morgan fingerprint density at radius 3 is 2.43 bits per heavy atom. The van der Waals surface area contributed by atoms with Crippen LogP contribution in [0, 0.1) is 5.92 Å². The number of ether oxygens (including phenoxy) is 1. The second-order valence-corrected chi connectivity index (χ2v) is 6.86. The molecule has 0 aliphatic carbocycles. The van der Waals surface area contributed by atoms with E-state index in [0.717, 1.165) is 12.1 Å². The molecule has 2 saturated heterocycles. The molecule has 1 unspecified atom stereocenters. The van der Waals surface area contributed by atoms with Crippen molar-refractivity contribution < 1.29 is 32.3 Å². The van der Waals surface area contributed by atoms with E-state index in [1.165, 1.54) is 12.1 Å². The molecule has 0 N–H and O–H groups in total. The summed E-state index contributed by atoms with van der Waals surface area (Å²) in [4.78, 5) is 39.5. The van der Waals surface area contributed by atoms with Crippen LogP contribution in [0.1, 0.15) is 31.7 Å². The molecule has 0 aromatic heterocycles. The standard InChI is InChI=1S/C19H21F3N2O4/c1-2-28-18(27)12-7-9-23(10-8-12)15-11-16(25)24(17(15)26)14-6-4-3-5-13(14)19(20,21)22/h3-6,12,15H,2,7-11H2,1H3. The Kier molecular flexibility index (Phi) is 5.74. The van der Waals surface area contributed by atoms with E-state index in [1.807, 2.05) is 0 Å². The maximum Gasteiger partial charge on any atom is 0.418 e. The first kappa shape index (κ1) is 20.3. The summed E-state index contributed by atoms with van der Waals surface area (Å²) in [5, 5.41) is 0. The molecule has 152 valence electrons. The minimum atomic E-state index is -4.67. The van der Waals surface area contributed by atoms with E-state index < -0.39 is 35.3 Å². The highest BCUT2D eigenvalue weighted by Crippen LogP contribution is 2.39. The molecule has 28 heavy (non-hydrogen) atoms. The highest BCUT2D eigenvalue weighted by atomic mass is 19.4. The van der Waals surface area contributed by atoms with Gasteiger partial charge in [-0.05, 0) is 45.0 Å². The summed E-state index contributed by atoms with van der Waals surface area (Å²) in [6.45, 7) is 2.83. The Morgan fingerprint density at radius 1 is 1.18 bits per heavy atom. The number of carbonyl (C=O) groups excluding carboxylic acids is 3. The van der Waals surface area contributed by atoms with Gasteiger partial charge in [0, 0.05) is 0 Å². The fraction of sp³-hybridized carbons (Fsp3) is 0.526. The van der Waals surface area contributed by atoms with Crippen molar-refractivity contribution in [3.63, 3.8) is 0 Å². The highest BCUT2D eigenvalue weighted by Gasteiger charge is 2.46. The largest absolute Gasteiger partial charge is 0.466 e. The number of rotatable bonds is 4. The molecule has 2 fully saturated rings. The fourth-order valence-electron chi connectivity index (χ4n) is 3.77. The number of halogens is 3. The minimum Gasteiger partial charge on any atom is -0.466 e. The molecule has 6 nitrogen and oxygen atoms in total. The van der Waals surface area contributed by atoms with E-state index in [1.54, 1.807) is 11.8 Å². The number of likely N-dealkylation sites (tertiary alicyclic amines) is 1. The molecule has 2 aliphatic heterocycles. The molecule has 2 heterocycles. The third-order valence-corrected chi connectivity index (χ3v) is 5.16. The van der Waals surface area contributed by atoms with Crippen molar-refractivity contribution in [2.45, 2.75) is 38.4 Å². The van der Waals surface area contributed by atoms with Crippen LogP contribution in [-0.2, 0) is 25.3 Å². The first-order chi connectivity index (χ1) is 13.2. The lowest BCUT2D eigenvalue weighted by atomic mass is 9.95. The van der Waals surface area contributed by atoms with Crippen LogP contribution < -0.4 is 4.90 Å². The first-order valence-corrected chi connectivity index (χ1v) is 9.17. The SMILES string of the molecule is CCOC(=O)C1CCN(C2CC(=O)N(c3ccccc3C(F)(F)F)C2=O)CC1. The van der Waals surface area contributed by atoms with Crippen LogP contribution in [0.5, 0.6) is 0 Å². The quantitative estimate of drug-likeness (QED) is 0.576. The van der Waals surface area contributed by atoms with Crippen molar-refractivity contribution in [1.29, 1.82) is 0 Å². The van der Waals surface area contributed by atoms with Gasteiger partial charge in [-0.3, -0.25) is 19.3 Å². The number of benzene rings is 1. The first-order valence-electron chi connectivity index (χ1n) is 9.17. The van der Waals surface area contributed by atoms with Gasteiger partial charge in [-0.2, -0.15) is 13.2 Å². The average Bonchev–Trinajstić information content (AvgIpc) is 2.95. The monoisotopic (exact) mass is 398 g/mol. The topological polar surface area (TPSA) is 66.9 Å². The van der Waals surface area contributed by atoms with Crippen molar-refractivity contribution in [1.82, 2.24) is 4.90 Å². The summed E-state index contributed by atoms with van der Waals surface area (Å²) >= 11 is 0. The number of hydrogen-bond donors (Lipinski definition) is 0. The molecule has 0 saturated carbocycles. The van der Waals surface area contributed by atoms with Gasteiger partial charge in [0.05, 0.1) is 36.2 Å². The van der Waals surface area contributed by atoms with E-state index in [-0.39, 0.29) is 18.3 Å². The Hall–Kier alpha value is -2.42. The Morgan fingerprint density at radius 2 is 1.82 bits per heavy atom. The van der Waals surface area contributed by atoms with Gasteiger partial charge >= 0.3 is 12.1 Å². The van der Waals surface area contributed by atoms with Crippen LogP contribution in [0.25, 0.3) is 0 Å². The summed E-state index contributed by atoms with van der Waals surface area (Å²) in [6.07, 6.45) is -3.88. The lowest BCUT2D eigenvalue weighted by molar-refractivity contribution is -0.150. The number of para-hydroxylation sites is 1. The molecule has 2 amide bonds. The second kappa shape index (κ2) is 7.90. The van der Waals surface area contributed by atoms with Gasteiger partial charge in [0.2, 0.25) is 5.91 Å². The molecule has 0 bridgehead atoms. The molecule has 0 radical (unpaired) electrons. The number of hydrogen-bond acceptors (Lipinski definition) is 5. The highest BCUT2D eigenvalue weighted by molar-refractivity contribution is 6.22. The smallest absolute Gasteiger partial charge is 0.418 e. The third kappa shape index (κ3) is 3.89. The lowest BCUT2D eigenvalue weighted by Crippen LogP contribution is -2.47. The number of imide groups is 1. The molecule has 2 aliphatic rings. The molecule has 1 aromatic rings. The lowest BCUT2D eigenvalue weighted by Gasteiger charge is -2.33. The maximum absolute atomic E-state index is 13.3. The number of carbonyl (C=O) groups is 3. The summed E-state index contributed by atoms with van der Waals surface area (Å²) in [5.74, 6) is -1.85. The number of alkyl halides is 3. The predicted octanol–water partition coefficient (Wildman–Crippen LogP) is 2.61. The van der Waals surface area contributed by atoms with Crippen molar-refractivity contribution in [3.05, 3.63) is 29.8 Å². The van der Waals surface area contributed by atoms with E-state index in [9.17, 15) is 27.6 Å². The zero-order chi connectivity index (χ0) is 20.5. The van der Waals surface area contributed by atoms with Gasteiger partial charge < -0.3 is 4.74 Å². The zero-order valence-electron chi connectivity index (χ0n) is 15.4. The number of esters is 1. The summed E-state index contributed by atoms with van der Waals surface area (Å²) in [5.41, 5.74) is -1.45. The molecule has 3 rings (SSSR count). The van der Waals surface area contributed by atoms with Crippen LogP contribution >= 0.6 is 0 Å². The molecule has 0 spiro atoms.